The first-order valence-electron chi connectivity index (χ1n) is 11.1. The Bertz CT molecular complexity index is 1840. The number of para-hydroxylation sites is 1. The monoisotopic (exact) mass is 632 g/mol. The van der Waals surface area contributed by atoms with Crippen LogP contribution in [0.2, 0.25) is 0 Å². The zero-order valence-corrected chi connectivity index (χ0v) is 21.6. The van der Waals surface area contributed by atoms with E-state index in [2.05, 4.69) is 101 Å². The first-order valence-corrected chi connectivity index (χ1v) is 11.9. The van der Waals surface area contributed by atoms with Crippen molar-refractivity contribution < 1.29 is 20.1 Å². The molecule has 165 valence electrons. The van der Waals surface area contributed by atoms with Crippen molar-refractivity contribution in [3.8, 4) is 16.9 Å². The van der Waals surface area contributed by atoms with Crippen LogP contribution in [0.25, 0.3) is 58.9 Å². The van der Waals surface area contributed by atoms with Gasteiger partial charge in [0.1, 0.15) is 0 Å². The summed E-state index contributed by atoms with van der Waals surface area (Å²) in [5, 5.41) is 5.22. The molecule has 0 fully saturated rings. The standard InChI is InChI=1S/C30H19N2S.Ir/c1-19-8-7-15-31-30(19)20-9-6-10-21(16-20)32-26-13-4-2-11-22(26)24-17-25-23-12-3-5-14-28(23)33-29(25)18-27(24)32;/h2-8,10-18H,1H3;/q-1;. The number of aryl methyl sites for hydroxylation is 1. The first-order chi connectivity index (χ1) is 16.3. The molecule has 4 aromatic carbocycles. The van der Waals surface area contributed by atoms with Gasteiger partial charge >= 0.3 is 0 Å². The van der Waals surface area contributed by atoms with E-state index in [1.54, 1.807) is 0 Å². The van der Waals surface area contributed by atoms with Crippen molar-refractivity contribution in [3.63, 3.8) is 0 Å². The van der Waals surface area contributed by atoms with Gasteiger partial charge in [0.15, 0.2) is 0 Å². The first kappa shape index (κ1) is 21.2. The molecule has 0 aliphatic rings. The molecule has 0 bridgehead atoms. The number of benzene rings is 4. The van der Waals surface area contributed by atoms with E-state index >= 15 is 0 Å². The molecule has 7 rings (SSSR count). The Morgan fingerprint density at radius 2 is 1.56 bits per heavy atom. The predicted octanol–water partition coefficient (Wildman–Crippen LogP) is 8.32. The molecule has 4 heteroatoms. The van der Waals surface area contributed by atoms with Gasteiger partial charge in [0, 0.05) is 57.2 Å². The number of hydrogen-bond acceptors (Lipinski definition) is 2. The molecule has 1 radical (unpaired) electrons. The Balaban J connectivity index is 0.00000217. The van der Waals surface area contributed by atoms with Crippen molar-refractivity contribution in [1.29, 1.82) is 0 Å². The van der Waals surface area contributed by atoms with E-state index in [0.717, 1.165) is 22.5 Å². The average Bonchev–Trinajstić information content (AvgIpc) is 3.38. The van der Waals surface area contributed by atoms with E-state index in [-0.39, 0.29) is 20.1 Å². The zero-order chi connectivity index (χ0) is 21.9. The van der Waals surface area contributed by atoms with Gasteiger partial charge in [-0.3, -0.25) is 0 Å². The molecule has 0 unspecified atom stereocenters. The largest absolute Gasteiger partial charge is 0.327 e. The van der Waals surface area contributed by atoms with Crippen LogP contribution >= 0.6 is 11.3 Å². The molecular formula is C30H19IrN2S-. The zero-order valence-electron chi connectivity index (χ0n) is 18.4. The summed E-state index contributed by atoms with van der Waals surface area (Å²) in [7, 11) is 0. The van der Waals surface area contributed by atoms with Gasteiger partial charge in [0.25, 0.3) is 0 Å². The van der Waals surface area contributed by atoms with Crippen molar-refractivity contribution in [1.82, 2.24) is 9.55 Å². The molecule has 2 nitrogen and oxygen atoms in total. The minimum atomic E-state index is 0. The Kier molecular flexibility index (Phi) is 5.11. The summed E-state index contributed by atoms with van der Waals surface area (Å²) >= 11 is 1.86. The molecule has 7 aromatic rings. The number of nitrogens with zero attached hydrogens (tertiary/aromatic N) is 2. The topological polar surface area (TPSA) is 17.8 Å². The van der Waals surface area contributed by atoms with Crippen LogP contribution in [0.15, 0.2) is 97.2 Å². The van der Waals surface area contributed by atoms with Gasteiger partial charge in [-0.15, -0.1) is 41.2 Å². The molecule has 3 aromatic heterocycles. The second-order valence-corrected chi connectivity index (χ2v) is 9.53. The number of pyridine rings is 1. The summed E-state index contributed by atoms with van der Waals surface area (Å²) in [4.78, 5) is 4.62. The van der Waals surface area contributed by atoms with Crippen LogP contribution in [0.5, 0.6) is 0 Å². The Morgan fingerprint density at radius 3 is 2.44 bits per heavy atom. The van der Waals surface area contributed by atoms with E-state index < -0.39 is 0 Å². The Hall–Kier alpha value is -3.30. The fraction of sp³-hybridized carbons (Fsp3) is 0.0333. The molecule has 0 saturated heterocycles. The van der Waals surface area contributed by atoms with Gasteiger partial charge in [-0.1, -0.05) is 48.0 Å². The molecule has 0 aliphatic carbocycles. The predicted molar refractivity (Wildman–Crippen MR) is 140 cm³/mol. The second-order valence-electron chi connectivity index (χ2n) is 8.45. The summed E-state index contributed by atoms with van der Waals surface area (Å²) in [6.45, 7) is 2.10. The van der Waals surface area contributed by atoms with Gasteiger partial charge in [-0.25, -0.2) is 0 Å². The summed E-state index contributed by atoms with van der Waals surface area (Å²) in [6, 6.07) is 35.9. The van der Waals surface area contributed by atoms with Crippen molar-refractivity contribution in [2.45, 2.75) is 6.92 Å². The summed E-state index contributed by atoms with van der Waals surface area (Å²) in [5.41, 5.74) is 6.71. The van der Waals surface area contributed by atoms with Gasteiger partial charge < -0.3 is 9.55 Å². The molecule has 0 atom stereocenters. The van der Waals surface area contributed by atoms with Crippen LogP contribution < -0.4 is 0 Å². The van der Waals surface area contributed by atoms with Gasteiger partial charge in [-0.05, 0) is 48.6 Å². The summed E-state index contributed by atoms with van der Waals surface area (Å²) in [6.07, 6.45) is 1.85. The fourth-order valence-corrected chi connectivity index (χ4v) is 6.08. The van der Waals surface area contributed by atoms with Gasteiger partial charge in [-0.2, -0.15) is 0 Å². The normalized spacial score (nSPS) is 11.4. The van der Waals surface area contributed by atoms with Crippen LogP contribution in [-0.2, 0) is 20.1 Å². The Labute approximate surface area is 214 Å². The van der Waals surface area contributed by atoms with E-state index in [1.165, 1.54) is 42.0 Å². The van der Waals surface area contributed by atoms with Crippen LogP contribution in [0.4, 0.5) is 0 Å². The van der Waals surface area contributed by atoms with Crippen LogP contribution in [0, 0.1) is 13.0 Å². The summed E-state index contributed by atoms with van der Waals surface area (Å²) < 4.78 is 5.03. The molecule has 0 spiro atoms. The molecular weight excluding hydrogens is 613 g/mol. The van der Waals surface area contributed by atoms with E-state index in [9.17, 15) is 0 Å². The van der Waals surface area contributed by atoms with Crippen LogP contribution in [-0.4, -0.2) is 9.55 Å². The van der Waals surface area contributed by atoms with E-state index in [0.29, 0.717) is 0 Å². The number of hydrogen-bond donors (Lipinski definition) is 0. The van der Waals surface area contributed by atoms with Crippen molar-refractivity contribution >= 4 is 53.3 Å². The Morgan fingerprint density at radius 1 is 0.735 bits per heavy atom. The van der Waals surface area contributed by atoms with Crippen molar-refractivity contribution in [3.05, 3.63) is 109 Å². The third-order valence-corrected chi connectivity index (χ3v) is 7.61. The minimum absolute atomic E-state index is 0. The maximum atomic E-state index is 4.62. The fourth-order valence-electron chi connectivity index (χ4n) is 4.96. The molecule has 34 heavy (non-hydrogen) atoms. The number of rotatable bonds is 2. The second kappa shape index (κ2) is 8.18. The maximum Gasteiger partial charge on any atom is 0.0538 e. The number of thiophene rings is 1. The molecule has 3 heterocycles. The molecule has 0 aliphatic heterocycles. The van der Waals surface area contributed by atoms with Crippen LogP contribution in [0.1, 0.15) is 5.56 Å². The van der Waals surface area contributed by atoms with Crippen molar-refractivity contribution in [2.24, 2.45) is 0 Å². The van der Waals surface area contributed by atoms with E-state index in [4.69, 9.17) is 0 Å². The third kappa shape index (κ3) is 3.14. The minimum Gasteiger partial charge on any atom is -0.327 e. The van der Waals surface area contributed by atoms with Gasteiger partial charge in [0.2, 0.25) is 0 Å². The molecule has 0 N–H and O–H groups in total. The quantitative estimate of drug-likeness (QED) is 0.176. The summed E-state index contributed by atoms with van der Waals surface area (Å²) in [5.74, 6) is 0. The smallest absolute Gasteiger partial charge is 0.0538 e. The average molecular weight is 632 g/mol. The number of fused-ring (bicyclic) bond motifs is 6. The third-order valence-electron chi connectivity index (χ3n) is 6.48. The van der Waals surface area contributed by atoms with Gasteiger partial charge in [0.05, 0.1) is 11.0 Å². The van der Waals surface area contributed by atoms with Crippen LogP contribution in [0.3, 0.4) is 0 Å². The van der Waals surface area contributed by atoms with E-state index in [1.807, 2.05) is 29.7 Å². The number of aromatic nitrogens is 2. The maximum absolute atomic E-state index is 4.62. The molecule has 0 amide bonds. The van der Waals surface area contributed by atoms with Crippen molar-refractivity contribution in [2.75, 3.05) is 0 Å². The SMILES string of the molecule is Cc1cccnc1-c1[c-]ccc(-n2c3ccccc3c3cc4c(cc32)sc2ccccc24)c1.[Ir]. The molecule has 0 saturated carbocycles.